The first-order valence-corrected chi connectivity index (χ1v) is 3.87. The van der Waals surface area contributed by atoms with Gasteiger partial charge in [0.15, 0.2) is 5.43 Å². The lowest BCUT2D eigenvalue weighted by atomic mass is 10.3. The highest BCUT2D eigenvalue weighted by Crippen LogP contribution is 2.03. The summed E-state index contributed by atoms with van der Waals surface area (Å²) in [5, 5.41) is 0. The fraction of sp³-hybridized carbons (Fsp3) is 0.444. The second-order valence-corrected chi connectivity index (χ2v) is 2.59. The Morgan fingerprint density at radius 1 is 1.15 bits per heavy atom. The predicted octanol–water partition coefficient (Wildman–Crippen LogP) is 0.933. The van der Waals surface area contributed by atoms with Crippen LogP contribution < -0.4 is 5.43 Å². The Hall–Kier alpha value is -1.13. The predicted molar refractivity (Wildman–Crippen MR) is 46.4 cm³/mol. The third-order valence-electron chi connectivity index (χ3n) is 1.44. The van der Waals surface area contributed by atoms with Crippen molar-refractivity contribution in [2.45, 2.75) is 13.2 Å². The van der Waals surface area contributed by atoms with Crippen LogP contribution in [0.15, 0.2) is 21.3 Å². The third kappa shape index (κ3) is 3.01. The minimum Gasteiger partial charge on any atom is -0.461 e. The van der Waals surface area contributed by atoms with Gasteiger partial charge in [0.05, 0.1) is 0 Å². The lowest BCUT2D eigenvalue weighted by molar-refractivity contribution is 0.138. The van der Waals surface area contributed by atoms with Crippen LogP contribution in [0.3, 0.4) is 0 Å². The Morgan fingerprint density at radius 2 is 1.62 bits per heavy atom. The SMILES string of the molecule is COCc1cc(=O)cc(COC)o1. The van der Waals surface area contributed by atoms with Crippen molar-refractivity contribution >= 4 is 0 Å². The molecule has 1 heterocycles. The average molecular weight is 184 g/mol. The quantitative estimate of drug-likeness (QED) is 0.698. The van der Waals surface area contributed by atoms with E-state index in [0.717, 1.165) is 0 Å². The van der Waals surface area contributed by atoms with Crippen LogP contribution in [0.1, 0.15) is 11.5 Å². The highest BCUT2D eigenvalue weighted by molar-refractivity contribution is 5.05. The van der Waals surface area contributed by atoms with E-state index < -0.39 is 0 Å². The van der Waals surface area contributed by atoms with Gasteiger partial charge in [-0.2, -0.15) is 0 Å². The molecule has 0 N–H and O–H groups in total. The first-order chi connectivity index (χ1) is 6.26. The molecule has 0 aliphatic heterocycles. The van der Waals surface area contributed by atoms with Crippen molar-refractivity contribution in [3.05, 3.63) is 33.9 Å². The molecule has 13 heavy (non-hydrogen) atoms. The van der Waals surface area contributed by atoms with Crippen LogP contribution in [-0.4, -0.2) is 14.2 Å². The molecule has 4 heteroatoms. The number of rotatable bonds is 4. The van der Waals surface area contributed by atoms with Gasteiger partial charge in [0, 0.05) is 26.4 Å². The summed E-state index contributed by atoms with van der Waals surface area (Å²) in [7, 11) is 3.09. The minimum atomic E-state index is -0.0923. The largest absolute Gasteiger partial charge is 0.461 e. The van der Waals surface area contributed by atoms with Gasteiger partial charge in [0.25, 0.3) is 0 Å². The van der Waals surface area contributed by atoms with Gasteiger partial charge in [-0.3, -0.25) is 4.79 Å². The molecule has 1 rings (SSSR count). The lowest BCUT2D eigenvalue weighted by Crippen LogP contribution is -2.04. The van der Waals surface area contributed by atoms with Gasteiger partial charge in [-0.1, -0.05) is 0 Å². The highest BCUT2D eigenvalue weighted by atomic mass is 16.5. The van der Waals surface area contributed by atoms with Crippen LogP contribution >= 0.6 is 0 Å². The monoisotopic (exact) mass is 184 g/mol. The van der Waals surface area contributed by atoms with Crippen molar-refractivity contribution in [2.75, 3.05) is 14.2 Å². The lowest BCUT2D eigenvalue weighted by Gasteiger charge is -2.02. The summed E-state index contributed by atoms with van der Waals surface area (Å²) in [4.78, 5) is 11.1. The summed E-state index contributed by atoms with van der Waals surface area (Å²) in [6.07, 6.45) is 0. The molecule has 1 aromatic heterocycles. The van der Waals surface area contributed by atoms with Gasteiger partial charge in [-0.25, -0.2) is 0 Å². The Labute approximate surface area is 76.1 Å². The Kier molecular flexibility index (Phi) is 3.67. The Morgan fingerprint density at radius 3 is 2.00 bits per heavy atom. The average Bonchev–Trinajstić information content (AvgIpc) is 2.04. The number of hydrogen-bond donors (Lipinski definition) is 0. The molecule has 1 aromatic rings. The summed E-state index contributed by atoms with van der Waals surface area (Å²) in [6, 6.07) is 2.81. The fourth-order valence-corrected chi connectivity index (χ4v) is 1.01. The van der Waals surface area contributed by atoms with Crippen LogP contribution in [0.5, 0.6) is 0 Å². The van der Waals surface area contributed by atoms with E-state index in [2.05, 4.69) is 0 Å². The Bertz CT molecular complexity index is 288. The summed E-state index contributed by atoms with van der Waals surface area (Å²) in [5.74, 6) is 1.03. The third-order valence-corrected chi connectivity index (χ3v) is 1.44. The maximum absolute atomic E-state index is 11.1. The van der Waals surface area contributed by atoms with E-state index in [-0.39, 0.29) is 5.43 Å². The van der Waals surface area contributed by atoms with Crippen LogP contribution in [0.2, 0.25) is 0 Å². The second-order valence-electron chi connectivity index (χ2n) is 2.59. The van der Waals surface area contributed by atoms with Crippen molar-refractivity contribution < 1.29 is 13.9 Å². The molecule has 0 saturated heterocycles. The van der Waals surface area contributed by atoms with E-state index in [1.165, 1.54) is 12.1 Å². The minimum absolute atomic E-state index is 0.0923. The molecule has 0 aliphatic carbocycles. The molecule has 0 aromatic carbocycles. The standard InChI is InChI=1S/C9H12O4/c1-11-5-8-3-7(10)4-9(13-8)6-12-2/h3-4H,5-6H2,1-2H3. The van der Waals surface area contributed by atoms with Crippen molar-refractivity contribution in [2.24, 2.45) is 0 Å². The van der Waals surface area contributed by atoms with E-state index >= 15 is 0 Å². The van der Waals surface area contributed by atoms with Crippen LogP contribution in [0.25, 0.3) is 0 Å². The first-order valence-electron chi connectivity index (χ1n) is 3.87. The number of methoxy groups -OCH3 is 2. The van der Waals surface area contributed by atoms with E-state index in [0.29, 0.717) is 24.7 Å². The summed E-state index contributed by atoms with van der Waals surface area (Å²) in [6.45, 7) is 0.597. The highest BCUT2D eigenvalue weighted by Gasteiger charge is 2.01. The van der Waals surface area contributed by atoms with Crippen LogP contribution in [0.4, 0.5) is 0 Å². The van der Waals surface area contributed by atoms with Crippen molar-refractivity contribution in [1.82, 2.24) is 0 Å². The smallest absolute Gasteiger partial charge is 0.185 e. The van der Waals surface area contributed by atoms with Gasteiger partial charge in [0.2, 0.25) is 0 Å². The molecule has 0 unspecified atom stereocenters. The molecular formula is C9H12O4. The zero-order valence-corrected chi connectivity index (χ0v) is 7.70. The van der Waals surface area contributed by atoms with Gasteiger partial charge in [-0.05, 0) is 0 Å². The molecule has 0 fully saturated rings. The molecule has 0 spiro atoms. The summed E-state index contributed by atoms with van der Waals surface area (Å²) < 4.78 is 15.0. The first kappa shape index (κ1) is 9.95. The number of ether oxygens (including phenoxy) is 2. The van der Waals surface area contributed by atoms with E-state index in [9.17, 15) is 4.79 Å². The van der Waals surface area contributed by atoms with Crippen molar-refractivity contribution in [1.29, 1.82) is 0 Å². The second kappa shape index (κ2) is 4.79. The fourth-order valence-electron chi connectivity index (χ4n) is 1.01. The zero-order valence-electron chi connectivity index (χ0n) is 7.70. The number of hydrogen-bond acceptors (Lipinski definition) is 4. The van der Waals surface area contributed by atoms with E-state index in [1.807, 2.05) is 0 Å². The van der Waals surface area contributed by atoms with Gasteiger partial charge >= 0.3 is 0 Å². The topological polar surface area (TPSA) is 48.7 Å². The molecule has 0 bridgehead atoms. The van der Waals surface area contributed by atoms with E-state index in [4.69, 9.17) is 13.9 Å². The molecule has 0 aliphatic rings. The van der Waals surface area contributed by atoms with Crippen molar-refractivity contribution in [3.8, 4) is 0 Å². The van der Waals surface area contributed by atoms with Gasteiger partial charge in [0.1, 0.15) is 24.7 Å². The molecule has 4 nitrogen and oxygen atoms in total. The van der Waals surface area contributed by atoms with E-state index in [1.54, 1.807) is 14.2 Å². The molecular weight excluding hydrogens is 172 g/mol. The normalized spacial score (nSPS) is 10.3. The Balaban J connectivity index is 2.90. The van der Waals surface area contributed by atoms with Gasteiger partial charge in [-0.15, -0.1) is 0 Å². The molecule has 0 amide bonds. The maximum Gasteiger partial charge on any atom is 0.185 e. The molecule has 0 atom stereocenters. The van der Waals surface area contributed by atoms with Gasteiger partial charge < -0.3 is 13.9 Å². The molecule has 0 saturated carbocycles. The summed E-state index contributed by atoms with van der Waals surface area (Å²) >= 11 is 0. The molecule has 72 valence electrons. The van der Waals surface area contributed by atoms with Crippen LogP contribution in [0, 0.1) is 0 Å². The summed E-state index contributed by atoms with van der Waals surface area (Å²) in [5.41, 5.74) is -0.0923. The van der Waals surface area contributed by atoms with Crippen molar-refractivity contribution in [3.63, 3.8) is 0 Å². The van der Waals surface area contributed by atoms with Crippen LogP contribution in [-0.2, 0) is 22.7 Å². The maximum atomic E-state index is 11.1. The molecule has 0 radical (unpaired) electrons. The zero-order chi connectivity index (χ0) is 9.68.